The Morgan fingerprint density at radius 3 is 2.22 bits per heavy atom. The average molecular weight is 277 g/mol. The second-order valence-electron chi connectivity index (χ2n) is 6.15. The van der Waals surface area contributed by atoms with Crippen LogP contribution in [0.2, 0.25) is 0 Å². The van der Waals surface area contributed by atoms with E-state index < -0.39 is 9.84 Å². The summed E-state index contributed by atoms with van der Waals surface area (Å²) in [7, 11) is -2.81. The third-order valence-corrected chi connectivity index (χ3v) is 5.28. The lowest BCUT2D eigenvalue weighted by atomic mass is 9.78. The van der Waals surface area contributed by atoms with Crippen LogP contribution in [-0.2, 0) is 9.84 Å². The minimum Gasteiger partial charge on any atom is -0.316 e. The SMILES string of the molecule is CCCNCC(CCCS(=O)(=O)CC)C(C)(C)C. The average Bonchev–Trinajstić information content (AvgIpc) is 2.26. The normalized spacial score (nSPS) is 14.7. The molecule has 110 valence electrons. The monoisotopic (exact) mass is 277 g/mol. The van der Waals surface area contributed by atoms with Crippen LogP contribution in [0.5, 0.6) is 0 Å². The van der Waals surface area contributed by atoms with Crippen LogP contribution in [0.3, 0.4) is 0 Å². The van der Waals surface area contributed by atoms with Gasteiger partial charge in [-0.15, -0.1) is 0 Å². The number of hydrogen-bond donors (Lipinski definition) is 1. The second kappa shape index (κ2) is 8.16. The van der Waals surface area contributed by atoms with Crippen molar-refractivity contribution in [3.05, 3.63) is 0 Å². The Morgan fingerprint density at radius 2 is 1.78 bits per heavy atom. The number of hydrogen-bond acceptors (Lipinski definition) is 3. The largest absolute Gasteiger partial charge is 0.316 e. The minimum atomic E-state index is -2.81. The van der Waals surface area contributed by atoms with Crippen LogP contribution in [-0.4, -0.2) is 33.0 Å². The molecule has 0 amide bonds. The quantitative estimate of drug-likeness (QED) is 0.659. The molecule has 0 fully saturated rings. The van der Waals surface area contributed by atoms with Gasteiger partial charge in [0.15, 0.2) is 0 Å². The van der Waals surface area contributed by atoms with Crippen molar-refractivity contribution in [2.45, 2.75) is 53.9 Å². The predicted octanol–water partition coefficient (Wildman–Crippen LogP) is 2.86. The summed E-state index contributed by atoms with van der Waals surface area (Å²) < 4.78 is 23.0. The lowest BCUT2D eigenvalue weighted by molar-refractivity contribution is 0.217. The summed E-state index contributed by atoms with van der Waals surface area (Å²) in [5.74, 6) is 1.14. The van der Waals surface area contributed by atoms with Gasteiger partial charge in [0.2, 0.25) is 0 Å². The van der Waals surface area contributed by atoms with Crippen molar-refractivity contribution < 1.29 is 8.42 Å². The molecule has 1 atom stereocenters. The molecule has 0 saturated heterocycles. The highest BCUT2D eigenvalue weighted by molar-refractivity contribution is 7.91. The van der Waals surface area contributed by atoms with E-state index in [9.17, 15) is 8.42 Å². The first-order valence-electron chi connectivity index (χ1n) is 7.14. The molecule has 0 spiro atoms. The molecule has 0 saturated carbocycles. The first-order valence-corrected chi connectivity index (χ1v) is 8.96. The molecule has 0 aliphatic carbocycles. The van der Waals surface area contributed by atoms with Gasteiger partial charge < -0.3 is 5.32 Å². The third kappa shape index (κ3) is 8.09. The molecule has 18 heavy (non-hydrogen) atoms. The first-order chi connectivity index (χ1) is 8.23. The Hall–Kier alpha value is -0.0900. The zero-order valence-corrected chi connectivity index (χ0v) is 13.6. The van der Waals surface area contributed by atoms with Crippen molar-refractivity contribution in [3.63, 3.8) is 0 Å². The van der Waals surface area contributed by atoms with Gasteiger partial charge in [-0.05, 0) is 43.7 Å². The molecule has 3 nitrogen and oxygen atoms in total. The molecule has 0 aromatic carbocycles. The molecule has 1 N–H and O–H groups in total. The fourth-order valence-electron chi connectivity index (χ4n) is 1.99. The maximum absolute atomic E-state index is 11.5. The highest BCUT2D eigenvalue weighted by Crippen LogP contribution is 2.29. The molecule has 0 aliphatic heterocycles. The van der Waals surface area contributed by atoms with E-state index in [4.69, 9.17) is 0 Å². The molecule has 0 radical (unpaired) electrons. The van der Waals surface area contributed by atoms with E-state index in [1.807, 2.05) is 0 Å². The summed E-state index contributed by atoms with van der Waals surface area (Å²) >= 11 is 0. The maximum Gasteiger partial charge on any atom is 0.150 e. The summed E-state index contributed by atoms with van der Waals surface area (Å²) in [6.45, 7) is 12.6. The Balaban J connectivity index is 4.18. The van der Waals surface area contributed by atoms with Crippen molar-refractivity contribution in [2.75, 3.05) is 24.6 Å². The number of rotatable bonds is 9. The number of sulfone groups is 1. The Morgan fingerprint density at radius 1 is 1.17 bits per heavy atom. The molecular formula is C14H31NO2S. The van der Waals surface area contributed by atoms with Crippen molar-refractivity contribution in [2.24, 2.45) is 11.3 Å². The molecular weight excluding hydrogens is 246 g/mol. The van der Waals surface area contributed by atoms with Crippen molar-refractivity contribution in [1.82, 2.24) is 5.32 Å². The van der Waals surface area contributed by atoms with E-state index in [1.165, 1.54) is 0 Å². The zero-order valence-electron chi connectivity index (χ0n) is 12.8. The molecule has 0 rings (SSSR count). The van der Waals surface area contributed by atoms with E-state index in [1.54, 1.807) is 6.92 Å². The zero-order chi connectivity index (χ0) is 14.2. The van der Waals surface area contributed by atoms with Crippen LogP contribution in [0.15, 0.2) is 0 Å². The Labute approximate surface area is 114 Å². The van der Waals surface area contributed by atoms with E-state index >= 15 is 0 Å². The summed E-state index contributed by atoms with van der Waals surface area (Å²) in [5, 5.41) is 3.45. The molecule has 0 aliphatic rings. The minimum absolute atomic E-state index is 0.233. The maximum atomic E-state index is 11.5. The van der Waals surface area contributed by atoms with E-state index in [0.29, 0.717) is 11.7 Å². The lowest BCUT2D eigenvalue weighted by Gasteiger charge is -2.31. The Bertz CT molecular complexity index is 304. The molecule has 0 bridgehead atoms. The van der Waals surface area contributed by atoms with Gasteiger partial charge in [-0.25, -0.2) is 8.42 Å². The molecule has 4 heteroatoms. The lowest BCUT2D eigenvalue weighted by Crippen LogP contribution is -2.32. The second-order valence-corrected chi connectivity index (χ2v) is 8.62. The van der Waals surface area contributed by atoms with Gasteiger partial charge in [0.05, 0.1) is 5.75 Å². The topological polar surface area (TPSA) is 46.2 Å². The third-order valence-electron chi connectivity index (χ3n) is 3.49. The number of nitrogens with one attached hydrogen (secondary N) is 1. The van der Waals surface area contributed by atoms with Gasteiger partial charge in [-0.3, -0.25) is 0 Å². The fraction of sp³-hybridized carbons (Fsp3) is 1.00. The van der Waals surface area contributed by atoms with E-state index in [-0.39, 0.29) is 11.2 Å². The summed E-state index contributed by atoms with van der Waals surface area (Å²) in [6, 6.07) is 0. The van der Waals surface area contributed by atoms with E-state index in [0.717, 1.165) is 32.4 Å². The van der Waals surface area contributed by atoms with Crippen molar-refractivity contribution >= 4 is 9.84 Å². The van der Waals surface area contributed by atoms with Crippen LogP contribution >= 0.6 is 0 Å². The smallest absolute Gasteiger partial charge is 0.150 e. The van der Waals surface area contributed by atoms with Crippen LogP contribution < -0.4 is 5.32 Å². The summed E-state index contributed by atoms with van der Waals surface area (Å²) in [4.78, 5) is 0. The first kappa shape index (κ1) is 17.9. The predicted molar refractivity (Wildman–Crippen MR) is 79.7 cm³/mol. The van der Waals surface area contributed by atoms with Gasteiger partial charge in [0.25, 0.3) is 0 Å². The van der Waals surface area contributed by atoms with Crippen molar-refractivity contribution in [1.29, 1.82) is 0 Å². The Kier molecular flexibility index (Phi) is 8.11. The fourth-order valence-corrected chi connectivity index (χ4v) is 2.88. The standard InChI is InChI=1S/C14H31NO2S/c1-6-10-15-12-13(14(3,4)5)9-8-11-18(16,17)7-2/h13,15H,6-12H2,1-5H3. The van der Waals surface area contributed by atoms with Gasteiger partial charge in [-0.2, -0.15) is 0 Å². The molecule has 1 unspecified atom stereocenters. The van der Waals surface area contributed by atoms with Gasteiger partial charge in [0.1, 0.15) is 9.84 Å². The molecule has 0 aromatic rings. The summed E-state index contributed by atoms with van der Waals surface area (Å²) in [5.41, 5.74) is 0.233. The van der Waals surface area contributed by atoms with Gasteiger partial charge in [0, 0.05) is 5.75 Å². The van der Waals surface area contributed by atoms with Crippen LogP contribution in [0.1, 0.15) is 53.9 Å². The van der Waals surface area contributed by atoms with Crippen LogP contribution in [0, 0.1) is 11.3 Å². The molecule has 0 aromatic heterocycles. The van der Waals surface area contributed by atoms with Crippen LogP contribution in [0.4, 0.5) is 0 Å². The van der Waals surface area contributed by atoms with E-state index in [2.05, 4.69) is 33.0 Å². The highest BCUT2D eigenvalue weighted by Gasteiger charge is 2.24. The summed E-state index contributed by atoms with van der Waals surface area (Å²) in [6.07, 6.45) is 2.91. The highest BCUT2D eigenvalue weighted by atomic mass is 32.2. The van der Waals surface area contributed by atoms with Crippen molar-refractivity contribution in [3.8, 4) is 0 Å². The molecule has 0 heterocycles. The van der Waals surface area contributed by atoms with Crippen LogP contribution in [0.25, 0.3) is 0 Å². The van der Waals surface area contributed by atoms with Gasteiger partial charge >= 0.3 is 0 Å². The van der Waals surface area contributed by atoms with Gasteiger partial charge in [-0.1, -0.05) is 34.6 Å².